The summed E-state index contributed by atoms with van der Waals surface area (Å²) in [6.45, 7) is 5.20. The second-order valence-corrected chi connectivity index (χ2v) is 4.53. The number of anilines is 1. The Morgan fingerprint density at radius 2 is 2.15 bits per heavy atom. The van der Waals surface area contributed by atoms with Crippen molar-refractivity contribution in [2.75, 3.05) is 18.5 Å². The normalized spacial score (nSPS) is 10.3. The Hall–Kier alpha value is -2.10. The third kappa shape index (κ3) is 3.70. The van der Waals surface area contributed by atoms with Crippen LogP contribution < -0.4 is 10.1 Å². The van der Waals surface area contributed by atoms with Gasteiger partial charge in [-0.05, 0) is 55.7 Å². The van der Waals surface area contributed by atoms with Crippen LogP contribution in [0.1, 0.15) is 18.1 Å². The van der Waals surface area contributed by atoms with Crippen molar-refractivity contribution in [2.24, 2.45) is 0 Å². The molecule has 4 heteroatoms. The summed E-state index contributed by atoms with van der Waals surface area (Å²) in [4.78, 5) is 4.27. The molecule has 0 saturated carbocycles. The van der Waals surface area contributed by atoms with Gasteiger partial charge in [-0.25, -0.2) is 9.37 Å². The lowest BCUT2D eigenvalue weighted by Gasteiger charge is -2.11. The van der Waals surface area contributed by atoms with Gasteiger partial charge in [0, 0.05) is 12.7 Å². The Morgan fingerprint density at radius 1 is 1.30 bits per heavy atom. The number of hydrogen-bond acceptors (Lipinski definition) is 3. The van der Waals surface area contributed by atoms with Crippen LogP contribution in [0.3, 0.4) is 0 Å². The van der Waals surface area contributed by atoms with Crippen LogP contribution >= 0.6 is 0 Å². The van der Waals surface area contributed by atoms with E-state index in [4.69, 9.17) is 4.74 Å². The van der Waals surface area contributed by atoms with Crippen LogP contribution in [-0.4, -0.2) is 18.1 Å². The highest BCUT2D eigenvalue weighted by Crippen LogP contribution is 2.20. The SMILES string of the molecule is CCOc1cccnc1NCCc1ccc(F)cc1C. The summed E-state index contributed by atoms with van der Waals surface area (Å²) in [5, 5.41) is 3.26. The number of halogens is 1. The number of nitrogens with one attached hydrogen (secondary N) is 1. The summed E-state index contributed by atoms with van der Waals surface area (Å²) in [6, 6.07) is 8.62. The van der Waals surface area contributed by atoms with E-state index in [1.807, 2.05) is 32.0 Å². The number of benzene rings is 1. The minimum absolute atomic E-state index is 0.192. The lowest BCUT2D eigenvalue weighted by atomic mass is 10.1. The fourth-order valence-corrected chi connectivity index (χ4v) is 2.05. The molecule has 2 rings (SSSR count). The predicted octanol–water partition coefficient (Wildman–Crippen LogP) is 3.58. The standard InChI is InChI=1S/C16H19FN2O/c1-3-20-15-5-4-9-18-16(15)19-10-8-13-6-7-14(17)11-12(13)2/h4-7,9,11H,3,8,10H2,1-2H3,(H,18,19). The Bertz CT molecular complexity index is 572. The van der Waals surface area contributed by atoms with Crippen molar-refractivity contribution in [3.63, 3.8) is 0 Å². The Kier molecular flexibility index (Phi) is 4.93. The van der Waals surface area contributed by atoms with Crippen LogP contribution in [0.15, 0.2) is 36.5 Å². The molecule has 2 aromatic rings. The molecule has 1 aromatic heterocycles. The second kappa shape index (κ2) is 6.89. The molecule has 0 atom stereocenters. The number of pyridine rings is 1. The van der Waals surface area contributed by atoms with Crippen molar-refractivity contribution in [1.29, 1.82) is 0 Å². The molecule has 1 heterocycles. The summed E-state index contributed by atoms with van der Waals surface area (Å²) in [7, 11) is 0. The minimum Gasteiger partial charge on any atom is -0.490 e. The third-order valence-electron chi connectivity index (χ3n) is 3.06. The monoisotopic (exact) mass is 274 g/mol. The molecule has 106 valence electrons. The molecule has 20 heavy (non-hydrogen) atoms. The van der Waals surface area contributed by atoms with Crippen molar-refractivity contribution < 1.29 is 9.13 Å². The largest absolute Gasteiger partial charge is 0.490 e. The highest BCUT2D eigenvalue weighted by molar-refractivity contribution is 5.49. The van der Waals surface area contributed by atoms with Crippen LogP contribution in [0.5, 0.6) is 5.75 Å². The maximum atomic E-state index is 13.0. The van der Waals surface area contributed by atoms with Gasteiger partial charge >= 0.3 is 0 Å². The lowest BCUT2D eigenvalue weighted by molar-refractivity contribution is 0.340. The fraction of sp³-hybridized carbons (Fsp3) is 0.312. The molecule has 1 aromatic carbocycles. The molecule has 0 aliphatic heterocycles. The molecule has 0 fully saturated rings. The molecular weight excluding hydrogens is 255 g/mol. The highest BCUT2D eigenvalue weighted by Gasteiger charge is 2.04. The number of nitrogens with zero attached hydrogens (tertiary/aromatic N) is 1. The third-order valence-corrected chi connectivity index (χ3v) is 3.06. The molecule has 1 N–H and O–H groups in total. The van der Waals surface area contributed by atoms with Gasteiger partial charge in [-0.1, -0.05) is 6.07 Å². The predicted molar refractivity (Wildman–Crippen MR) is 78.7 cm³/mol. The quantitative estimate of drug-likeness (QED) is 0.874. The molecule has 0 spiro atoms. The number of ether oxygens (including phenoxy) is 1. The zero-order valence-corrected chi connectivity index (χ0v) is 11.8. The molecule has 0 aliphatic rings. The van der Waals surface area contributed by atoms with E-state index in [1.54, 1.807) is 12.3 Å². The zero-order valence-electron chi connectivity index (χ0n) is 11.8. The highest BCUT2D eigenvalue weighted by atomic mass is 19.1. The zero-order chi connectivity index (χ0) is 14.4. The van der Waals surface area contributed by atoms with Crippen LogP contribution in [0, 0.1) is 12.7 Å². The van der Waals surface area contributed by atoms with E-state index in [1.165, 1.54) is 6.07 Å². The number of aryl methyl sites for hydroxylation is 1. The number of aromatic nitrogens is 1. The second-order valence-electron chi connectivity index (χ2n) is 4.53. The first-order chi connectivity index (χ1) is 9.70. The Labute approximate surface area is 118 Å². The van der Waals surface area contributed by atoms with E-state index in [0.717, 1.165) is 35.7 Å². The van der Waals surface area contributed by atoms with Crippen molar-refractivity contribution in [3.05, 3.63) is 53.5 Å². The average molecular weight is 274 g/mol. The summed E-state index contributed by atoms with van der Waals surface area (Å²) < 4.78 is 18.5. The van der Waals surface area contributed by atoms with Crippen LogP contribution in [-0.2, 0) is 6.42 Å². The summed E-state index contributed by atoms with van der Waals surface area (Å²) in [6.07, 6.45) is 2.54. The molecule has 0 radical (unpaired) electrons. The molecule has 0 unspecified atom stereocenters. The van der Waals surface area contributed by atoms with Crippen molar-refractivity contribution in [1.82, 2.24) is 4.98 Å². The van der Waals surface area contributed by atoms with E-state index >= 15 is 0 Å². The molecule has 0 amide bonds. The lowest BCUT2D eigenvalue weighted by Crippen LogP contribution is -2.09. The van der Waals surface area contributed by atoms with Gasteiger partial charge in [-0.2, -0.15) is 0 Å². The van der Waals surface area contributed by atoms with E-state index < -0.39 is 0 Å². The van der Waals surface area contributed by atoms with Gasteiger partial charge in [-0.3, -0.25) is 0 Å². The van der Waals surface area contributed by atoms with Gasteiger partial charge in [0.1, 0.15) is 5.82 Å². The van der Waals surface area contributed by atoms with Gasteiger partial charge in [0.25, 0.3) is 0 Å². The number of rotatable bonds is 6. The average Bonchev–Trinajstić information content (AvgIpc) is 2.43. The van der Waals surface area contributed by atoms with Gasteiger partial charge in [-0.15, -0.1) is 0 Å². The molecular formula is C16H19FN2O. The number of hydrogen-bond donors (Lipinski definition) is 1. The Morgan fingerprint density at radius 3 is 2.90 bits per heavy atom. The molecule has 3 nitrogen and oxygen atoms in total. The van der Waals surface area contributed by atoms with Crippen LogP contribution in [0.25, 0.3) is 0 Å². The van der Waals surface area contributed by atoms with Crippen LogP contribution in [0.4, 0.5) is 10.2 Å². The van der Waals surface area contributed by atoms with E-state index in [9.17, 15) is 4.39 Å². The van der Waals surface area contributed by atoms with Crippen LogP contribution in [0.2, 0.25) is 0 Å². The summed E-state index contributed by atoms with van der Waals surface area (Å²) >= 11 is 0. The van der Waals surface area contributed by atoms with E-state index in [2.05, 4.69) is 10.3 Å². The first-order valence-corrected chi connectivity index (χ1v) is 6.77. The maximum absolute atomic E-state index is 13.0. The Balaban J connectivity index is 1.96. The van der Waals surface area contributed by atoms with Crippen molar-refractivity contribution >= 4 is 5.82 Å². The smallest absolute Gasteiger partial charge is 0.168 e. The first-order valence-electron chi connectivity index (χ1n) is 6.77. The van der Waals surface area contributed by atoms with Gasteiger partial charge in [0.2, 0.25) is 0 Å². The van der Waals surface area contributed by atoms with E-state index in [-0.39, 0.29) is 5.82 Å². The van der Waals surface area contributed by atoms with Gasteiger partial charge in [0.15, 0.2) is 11.6 Å². The van der Waals surface area contributed by atoms with E-state index in [0.29, 0.717) is 6.61 Å². The minimum atomic E-state index is -0.192. The molecule has 0 bridgehead atoms. The maximum Gasteiger partial charge on any atom is 0.168 e. The topological polar surface area (TPSA) is 34.1 Å². The van der Waals surface area contributed by atoms with Gasteiger partial charge < -0.3 is 10.1 Å². The summed E-state index contributed by atoms with van der Waals surface area (Å²) in [5.74, 6) is 1.31. The van der Waals surface area contributed by atoms with Crippen molar-refractivity contribution in [3.8, 4) is 5.75 Å². The molecule has 0 saturated heterocycles. The van der Waals surface area contributed by atoms with Crippen molar-refractivity contribution in [2.45, 2.75) is 20.3 Å². The first kappa shape index (κ1) is 14.3. The summed E-state index contributed by atoms with van der Waals surface area (Å²) in [5.41, 5.74) is 2.10. The fourth-order valence-electron chi connectivity index (χ4n) is 2.05. The molecule has 0 aliphatic carbocycles. The van der Waals surface area contributed by atoms with Gasteiger partial charge in [0.05, 0.1) is 6.61 Å².